The molecular formula is C15H18F3N. The van der Waals surface area contributed by atoms with Crippen molar-refractivity contribution in [3.63, 3.8) is 0 Å². The average Bonchev–Trinajstić information content (AvgIpc) is 3.24. The van der Waals surface area contributed by atoms with Crippen LogP contribution in [0, 0.1) is 35.2 Å². The Balaban J connectivity index is 1.55. The van der Waals surface area contributed by atoms with Gasteiger partial charge in [-0.05, 0) is 56.0 Å². The van der Waals surface area contributed by atoms with Crippen molar-refractivity contribution >= 4 is 0 Å². The van der Waals surface area contributed by atoms with E-state index >= 15 is 0 Å². The first-order valence-electron chi connectivity index (χ1n) is 6.99. The van der Waals surface area contributed by atoms with Crippen molar-refractivity contribution in [2.45, 2.75) is 32.2 Å². The number of hydrogen-bond acceptors (Lipinski definition) is 1. The number of hydrogen-bond donors (Lipinski definition) is 1. The van der Waals surface area contributed by atoms with E-state index in [1.807, 2.05) is 0 Å². The fraction of sp³-hybridized carbons (Fsp3) is 0.600. The molecule has 0 atom stereocenters. The molecule has 1 aromatic carbocycles. The summed E-state index contributed by atoms with van der Waals surface area (Å²) in [6, 6.07) is 1.56. The molecule has 0 unspecified atom stereocenters. The van der Waals surface area contributed by atoms with Gasteiger partial charge in [0.1, 0.15) is 5.82 Å². The zero-order chi connectivity index (χ0) is 13.4. The van der Waals surface area contributed by atoms with Crippen LogP contribution in [0.2, 0.25) is 0 Å². The Labute approximate surface area is 111 Å². The number of halogens is 3. The third kappa shape index (κ3) is 3.11. The predicted molar refractivity (Wildman–Crippen MR) is 67.0 cm³/mol. The number of rotatable bonds is 6. The lowest BCUT2D eigenvalue weighted by atomic mass is 9.98. The van der Waals surface area contributed by atoms with E-state index in [1.54, 1.807) is 0 Å². The molecule has 0 spiro atoms. The van der Waals surface area contributed by atoms with E-state index in [0.717, 1.165) is 24.4 Å². The molecule has 2 fully saturated rings. The molecule has 0 heterocycles. The lowest BCUT2D eigenvalue weighted by molar-refractivity contribution is 0.376. The van der Waals surface area contributed by atoms with Crippen LogP contribution < -0.4 is 5.32 Å². The third-order valence-electron chi connectivity index (χ3n) is 4.24. The van der Waals surface area contributed by atoms with Gasteiger partial charge in [0, 0.05) is 18.2 Å². The van der Waals surface area contributed by atoms with Crippen molar-refractivity contribution in [2.24, 2.45) is 17.8 Å². The quantitative estimate of drug-likeness (QED) is 0.778. The molecule has 104 valence electrons. The van der Waals surface area contributed by atoms with Crippen LogP contribution in [0.5, 0.6) is 0 Å². The molecule has 4 heteroatoms. The molecule has 19 heavy (non-hydrogen) atoms. The van der Waals surface area contributed by atoms with Crippen molar-refractivity contribution < 1.29 is 13.2 Å². The maximum Gasteiger partial charge on any atom is 0.161 e. The highest BCUT2D eigenvalue weighted by Crippen LogP contribution is 2.48. The molecule has 3 rings (SSSR count). The van der Waals surface area contributed by atoms with Crippen molar-refractivity contribution in [3.8, 4) is 0 Å². The average molecular weight is 269 g/mol. The van der Waals surface area contributed by atoms with Gasteiger partial charge in [-0.1, -0.05) is 0 Å². The summed E-state index contributed by atoms with van der Waals surface area (Å²) in [6.45, 7) is 1.12. The first-order chi connectivity index (χ1) is 9.15. The van der Waals surface area contributed by atoms with Crippen LogP contribution in [0.3, 0.4) is 0 Å². The van der Waals surface area contributed by atoms with E-state index < -0.39 is 17.5 Å². The second kappa shape index (κ2) is 5.16. The van der Waals surface area contributed by atoms with Gasteiger partial charge >= 0.3 is 0 Å². The monoisotopic (exact) mass is 269 g/mol. The number of benzene rings is 1. The van der Waals surface area contributed by atoms with Gasteiger partial charge in [-0.25, -0.2) is 13.2 Å². The summed E-state index contributed by atoms with van der Waals surface area (Å²) in [4.78, 5) is 0. The van der Waals surface area contributed by atoms with E-state index in [1.165, 1.54) is 25.7 Å². The van der Waals surface area contributed by atoms with Gasteiger partial charge in [0.2, 0.25) is 0 Å². The standard InChI is InChI=1S/C15H18F3N/c16-13-6-15(18)14(17)5-11(13)7-19-8-12(9-1-2-9)10-3-4-10/h5-6,9-10,12,19H,1-4,7-8H2. The first kappa shape index (κ1) is 13.0. The van der Waals surface area contributed by atoms with Crippen molar-refractivity contribution in [2.75, 3.05) is 6.54 Å². The second-order valence-corrected chi connectivity index (χ2v) is 5.83. The van der Waals surface area contributed by atoms with E-state index in [-0.39, 0.29) is 12.1 Å². The normalized spacial score (nSPS) is 19.2. The topological polar surface area (TPSA) is 12.0 Å². The van der Waals surface area contributed by atoms with Crippen LogP contribution in [0.4, 0.5) is 13.2 Å². The van der Waals surface area contributed by atoms with Crippen molar-refractivity contribution in [1.82, 2.24) is 5.32 Å². The lowest BCUT2D eigenvalue weighted by Gasteiger charge is -2.16. The molecule has 0 saturated heterocycles. The first-order valence-corrected chi connectivity index (χ1v) is 6.99. The zero-order valence-electron chi connectivity index (χ0n) is 10.8. The van der Waals surface area contributed by atoms with Crippen molar-refractivity contribution in [3.05, 3.63) is 35.1 Å². The van der Waals surface area contributed by atoms with Crippen LogP contribution in [-0.4, -0.2) is 6.54 Å². The Kier molecular flexibility index (Phi) is 3.52. The summed E-state index contributed by atoms with van der Waals surface area (Å²) in [5, 5.41) is 3.20. The summed E-state index contributed by atoms with van der Waals surface area (Å²) < 4.78 is 39.3. The third-order valence-corrected chi connectivity index (χ3v) is 4.24. The maximum absolute atomic E-state index is 13.5. The summed E-state index contributed by atoms with van der Waals surface area (Å²) in [7, 11) is 0. The Bertz CT molecular complexity index is 455. The van der Waals surface area contributed by atoms with Crippen LogP contribution in [-0.2, 0) is 6.54 Å². The molecule has 0 aromatic heterocycles. The molecule has 2 saturated carbocycles. The van der Waals surface area contributed by atoms with Gasteiger partial charge in [0.05, 0.1) is 0 Å². The second-order valence-electron chi connectivity index (χ2n) is 5.83. The molecule has 0 bridgehead atoms. The highest BCUT2D eigenvalue weighted by Gasteiger charge is 2.40. The summed E-state index contributed by atoms with van der Waals surface area (Å²) in [6.07, 6.45) is 5.23. The molecule has 0 radical (unpaired) electrons. The van der Waals surface area contributed by atoms with Crippen LogP contribution >= 0.6 is 0 Å². The largest absolute Gasteiger partial charge is 0.312 e. The summed E-state index contributed by atoms with van der Waals surface area (Å²) >= 11 is 0. The van der Waals surface area contributed by atoms with Crippen LogP contribution in [0.1, 0.15) is 31.2 Å². The van der Waals surface area contributed by atoms with E-state index in [4.69, 9.17) is 0 Å². The van der Waals surface area contributed by atoms with Gasteiger partial charge in [0.15, 0.2) is 11.6 Å². The fourth-order valence-electron chi connectivity index (χ4n) is 2.84. The van der Waals surface area contributed by atoms with Gasteiger partial charge in [-0.2, -0.15) is 0 Å². The molecule has 1 nitrogen and oxygen atoms in total. The minimum absolute atomic E-state index is 0.198. The highest BCUT2D eigenvalue weighted by atomic mass is 19.2. The number of nitrogens with one attached hydrogen (secondary N) is 1. The fourth-order valence-corrected chi connectivity index (χ4v) is 2.84. The Morgan fingerprint density at radius 3 is 2.11 bits per heavy atom. The Hall–Kier alpha value is -1.03. The van der Waals surface area contributed by atoms with Gasteiger partial charge in [0.25, 0.3) is 0 Å². The molecule has 1 N–H and O–H groups in total. The molecular weight excluding hydrogens is 251 g/mol. The molecule has 1 aromatic rings. The smallest absolute Gasteiger partial charge is 0.161 e. The van der Waals surface area contributed by atoms with E-state index in [2.05, 4.69) is 5.32 Å². The van der Waals surface area contributed by atoms with Gasteiger partial charge in [-0.15, -0.1) is 0 Å². The minimum Gasteiger partial charge on any atom is -0.312 e. The van der Waals surface area contributed by atoms with E-state index in [9.17, 15) is 13.2 Å². The maximum atomic E-state index is 13.5. The SMILES string of the molecule is Fc1cc(F)c(CNCC(C2CC2)C2CC2)cc1F. The predicted octanol–water partition coefficient (Wildman–Crippen LogP) is 3.63. The lowest BCUT2D eigenvalue weighted by Crippen LogP contribution is -2.25. The molecule has 2 aliphatic carbocycles. The van der Waals surface area contributed by atoms with Crippen LogP contribution in [0.15, 0.2) is 12.1 Å². The van der Waals surface area contributed by atoms with Crippen molar-refractivity contribution in [1.29, 1.82) is 0 Å². The highest BCUT2D eigenvalue weighted by molar-refractivity contribution is 5.19. The minimum atomic E-state index is -1.13. The Morgan fingerprint density at radius 2 is 1.53 bits per heavy atom. The van der Waals surface area contributed by atoms with Crippen LogP contribution in [0.25, 0.3) is 0 Å². The molecule has 0 amide bonds. The molecule has 0 aliphatic heterocycles. The van der Waals surface area contributed by atoms with E-state index in [0.29, 0.717) is 12.0 Å². The van der Waals surface area contributed by atoms with Gasteiger partial charge in [-0.3, -0.25) is 0 Å². The molecule has 2 aliphatic rings. The van der Waals surface area contributed by atoms with Gasteiger partial charge < -0.3 is 5.32 Å². The summed E-state index contributed by atoms with van der Waals surface area (Å²) in [5.41, 5.74) is 0.198. The zero-order valence-corrected chi connectivity index (χ0v) is 10.8. The Morgan fingerprint density at radius 1 is 0.947 bits per heavy atom. The summed E-state index contributed by atoms with van der Waals surface area (Å²) in [5.74, 6) is -0.451.